The summed E-state index contributed by atoms with van der Waals surface area (Å²) in [5.74, 6) is 1.40. The highest BCUT2D eigenvalue weighted by Gasteiger charge is 2.09. The predicted octanol–water partition coefficient (Wildman–Crippen LogP) is 7.34. The van der Waals surface area contributed by atoms with Crippen molar-refractivity contribution >= 4 is 0 Å². The number of hydrogen-bond acceptors (Lipinski definition) is 2. The average Bonchev–Trinajstić information content (AvgIpc) is 3.31. The normalized spacial score (nSPS) is 10.8. The molecule has 29 heavy (non-hydrogen) atoms. The first kappa shape index (κ1) is 17.2. The van der Waals surface area contributed by atoms with E-state index >= 15 is 0 Å². The van der Waals surface area contributed by atoms with Gasteiger partial charge in [0, 0.05) is 11.1 Å². The number of oxazole rings is 1. The van der Waals surface area contributed by atoms with Crippen molar-refractivity contribution < 1.29 is 4.42 Å². The smallest absolute Gasteiger partial charge is 0.226 e. The topological polar surface area (TPSA) is 26.0 Å². The molecule has 0 aliphatic rings. The van der Waals surface area contributed by atoms with E-state index in [2.05, 4.69) is 89.9 Å². The zero-order valence-corrected chi connectivity index (χ0v) is 15.8. The lowest BCUT2D eigenvalue weighted by Gasteiger charge is -2.03. The largest absolute Gasteiger partial charge is 0.436 e. The number of aromatic nitrogens is 1. The first-order chi connectivity index (χ1) is 14.4. The first-order valence-electron chi connectivity index (χ1n) is 9.64. The molecule has 0 spiro atoms. The summed E-state index contributed by atoms with van der Waals surface area (Å²) < 4.78 is 6.04. The summed E-state index contributed by atoms with van der Waals surface area (Å²) in [6.45, 7) is 0. The third-order valence-electron chi connectivity index (χ3n) is 5.02. The van der Waals surface area contributed by atoms with E-state index in [4.69, 9.17) is 4.42 Å². The minimum absolute atomic E-state index is 0.631. The van der Waals surface area contributed by atoms with Crippen LogP contribution in [-0.4, -0.2) is 4.98 Å². The van der Waals surface area contributed by atoms with Crippen molar-refractivity contribution in [3.63, 3.8) is 0 Å². The van der Waals surface area contributed by atoms with Crippen molar-refractivity contribution in [2.75, 3.05) is 0 Å². The molecule has 2 heteroatoms. The van der Waals surface area contributed by atoms with Gasteiger partial charge in [0.15, 0.2) is 5.76 Å². The van der Waals surface area contributed by atoms with E-state index in [-0.39, 0.29) is 0 Å². The highest BCUT2D eigenvalue weighted by atomic mass is 16.4. The van der Waals surface area contributed by atoms with Gasteiger partial charge in [0.25, 0.3) is 0 Å². The van der Waals surface area contributed by atoms with E-state index in [0.717, 1.165) is 16.9 Å². The third-order valence-corrected chi connectivity index (χ3v) is 5.02. The molecular weight excluding hydrogens is 354 g/mol. The summed E-state index contributed by atoms with van der Waals surface area (Å²) in [6, 6.07) is 37.4. The Bertz CT molecular complexity index is 1110. The minimum atomic E-state index is 0.631. The molecule has 1 aromatic heterocycles. The molecule has 5 aromatic rings. The molecule has 0 radical (unpaired) electrons. The van der Waals surface area contributed by atoms with E-state index in [1.807, 2.05) is 24.3 Å². The van der Waals surface area contributed by atoms with Crippen LogP contribution in [0.25, 0.3) is 45.0 Å². The van der Waals surface area contributed by atoms with Crippen LogP contribution < -0.4 is 0 Å². The molecule has 0 unspecified atom stereocenters. The monoisotopic (exact) mass is 373 g/mol. The van der Waals surface area contributed by atoms with Crippen molar-refractivity contribution in [1.29, 1.82) is 0 Å². The molecule has 4 aromatic carbocycles. The summed E-state index contributed by atoms with van der Waals surface area (Å²) >= 11 is 0. The Labute approximate surface area is 170 Å². The van der Waals surface area contributed by atoms with Gasteiger partial charge in [-0.3, -0.25) is 0 Å². The van der Waals surface area contributed by atoms with E-state index in [9.17, 15) is 0 Å². The average molecular weight is 373 g/mol. The van der Waals surface area contributed by atoms with Crippen LogP contribution in [0.5, 0.6) is 0 Å². The minimum Gasteiger partial charge on any atom is -0.436 e. The molecule has 0 N–H and O–H groups in total. The summed E-state index contributed by atoms with van der Waals surface area (Å²) in [4.78, 5) is 4.48. The van der Waals surface area contributed by atoms with Crippen LogP contribution in [0.2, 0.25) is 0 Å². The molecule has 0 amide bonds. The molecule has 0 aliphatic carbocycles. The Morgan fingerprint density at radius 1 is 0.414 bits per heavy atom. The Hall–Kier alpha value is -3.91. The van der Waals surface area contributed by atoms with Crippen LogP contribution in [0.3, 0.4) is 0 Å². The van der Waals surface area contributed by atoms with E-state index in [1.165, 1.54) is 22.3 Å². The van der Waals surface area contributed by atoms with Crippen molar-refractivity contribution in [3.8, 4) is 45.0 Å². The second-order valence-electron chi connectivity index (χ2n) is 6.92. The lowest BCUT2D eigenvalue weighted by atomic mass is 10.0. The van der Waals surface area contributed by atoms with Gasteiger partial charge in [0.2, 0.25) is 5.89 Å². The fourth-order valence-corrected chi connectivity index (χ4v) is 3.43. The van der Waals surface area contributed by atoms with Gasteiger partial charge in [-0.05, 0) is 34.4 Å². The summed E-state index contributed by atoms with van der Waals surface area (Å²) in [5, 5.41) is 0. The van der Waals surface area contributed by atoms with Gasteiger partial charge in [-0.2, -0.15) is 0 Å². The second kappa shape index (κ2) is 7.61. The lowest BCUT2D eigenvalue weighted by molar-refractivity contribution is 0.589. The maximum Gasteiger partial charge on any atom is 0.226 e. The molecule has 0 aliphatic heterocycles. The van der Waals surface area contributed by atoms with Crippen molar-refractivity contribution in [3.05, 3.63) is 115 Å². The Morgan fingerprint density at radius 2 is 0.828 bits per heavy atom. The zero-order chi connectivity index (χ0) is 19.5. The Balaban J connectivity index is 1.38. The van der Waals surface area contributed by atoms with E-state index in [0.29, 0.717) is 5.89 Å². The van der Waals surface area contributed by atoms with Crippen LogP contribution in [-0.2, 0) is 0 Å². The Morgan fingerprint density at radius 3 is 1.34 bits per heavy atom. The molecule has 0 saturated heterocycles. The third kappa shape index (κ3) is 3.61. The van der Waals surface area contributed by atoms with Gasteiger partial charge < -0.3 is 4.42 Å². The zero-order valence-electron chi connectivity index (χ0n) is 15.8. The maximum atomic E-state index is 6.04. The maximum absolute atomic E-state index is 6.04. The van der Waals surface area contributed by atoms with E-state index in [1.54, 1.807) is 6.20 Å². The fourth-order valence-electron chi connectivity index (χ4n) is 3.43. The molecule has 138 valence electrons. The number of rotatable bonds is 4. The van der Waals surface area contributed by atoms with Crippen molar-refractivity contribution in [2.24, 2.45) is 0 Å². The highest BCUT2D eigenvalue weighted by molar-refractivity contribution is 5.70. The fraction of sp³-hybridized carbons (Fsp3) is 0. The van der Waals surface area contributed by atoms with Crippen LogP contribution in [0.4, 0.5) is 0 Å². The molecule has 5 rings (SSSR count). The molecule has 2 nitrogen and oxygen atoms in total. The molecule has 1 heterocycles. The quantitative estimate of drug-likeness (QED) is 0.329. The Kier molecular flexibility index (Phi) is 4.51. The van der Waals surface area contributed by atoms with Gasteiger partial charge in [-0.15, -0.1) is 0 Å². The highest BCUT2D eigenvalue weighted by Crippen LogP contribution is 2.29. The number of hydrogen-bond donors (Lipinski definition) is 0. The second-order valence-corrected chi connectivity index (χ2v) is 6.92. The molecule has 0 atom stereocenters. The van der Waals surface area contributed by atoms with Crippen LogP contribution in [0.15, 0.2) is 120 Å². The van der Waals surface area contributed by atoms with Crippen molar-refractivity contribution in [1.82, 2.24) is 4.98 Å². The van der Waals surface area contributed by atoms with Crippen molar-refractivity contribution in [2.45, 2.75) is 0 Å². The first-order valence-corrected chi connectivity index (χ1v) is 9.64. The van der Waals surface area contributed by atoms with Crippen LogP contribution in [0, 0.1) is 0 Å². The molecule has 0 saturated carbocycles. The summed E-state index contributed by atoms with van der Waals surface area (Å²) in [6.07, 6.45) is 1.79. The molecule has 0 fully saturated rings. The van der Waals surface area contributed by atoms with Crippen LogP contribution in [0.1, 0.15) is 0 Å². The predicted molar refractivity (Wildman–Crippen MR) is 118 cm³/mol. The lowest BCUT2D eigenvalue weighted by Crippen LogP contribution is -1.80. The standard InChI is InChI=1S/C27H19NO/c1-3-7-20(8-4-1)22-11-15-24(16-12-22)26-19-28-27(29-26)25-17-13-23(14-18-25)21-9-5-2-6-10-21/h1-19H. The summed E-state index contributed by atoms with van der Waals surface area (Å²) in [5.41, 5.74) is 6.76. The van der Waals surface area contributed by atoms with Gasteiger partial charge in [0.05, 0.1) is 6.20 Å². The van der Waals surface area contributed by atoms with Gasteiger partial charge in [0.1, 0.15) is 0 Å². The summed E-state index contributed by atoms with van der Waals surface area (Å²) in [7, 11) is 0. The van der Waals surface area contributed by atoms with Gasteiger partial charge in [-0.1, -0.05) is 97.1 Å². The van der Waals surface area contributed by atoms with Crippen LogP contribution >= 0.6 is 0 Å². The van der Waals surface area contributed by atoms with Gasteiger partial charge >= 0.3 is 0 Å². The van der Waals surface area contributed by atoms with E-state index < -0.39 is 0 Å². The molecule has 0 bridgehead atoms. The SMILES string of the molecule is c1ccc(-c2ccc(-c3cnc(-c4ccc(-c5ccccc5)cc4)o3)cc2)cc1. The van der Waals surface area contributed by atoms with Gasteiger partial charge in [-0.25, -0.2) is 4.98 Å². The molecular formula is C27H19NO. The number of nitrogens with zero attached hydrogens (tertiary/aromatic N) is 1. The number of benzene rings is 4.